The second-order valence-corrected chi connectivity index (χ2v) is 3.64. The second-order valence-electron chi connectivity index (χ2n) is 3.64. The van der Waals surface area contributed by atoms with Crippen LogP contribution < -0.4 is 10.5 Å². The Morgan fingerprint density at radius 3 is 2.48 bits per heavy atom. The SMILES string of the molecule is CCOC(=O)c1ncc(OC(F)(F)F)c(C(F)F)c1CN. The zero-order valence-electron chi connectivity index (χ0n) is 10.7. The van der Waals surface area contributed by atoms with Gasteiger partial charge in [-0.2, -0.15) is 0 Å². The van der Waals surface area contributed by atoms with E-state index in [-0.39, 0.29) is 6.61 Å². The van der Waals surface area contributed by atoms with Gasteiger partial charge in [0.2, 0.25) is 0 Å². The minimum atomic E-state index is -5.18. The number of ether oxygens (including phenoxy) is 2. The van der Waals surface area contributed by atoms with Gasteiger partial charge < -0.3 is 15.2 Å². The Labute approximate surface area is 115 Å². The summed E-state index contributed by atoms with van der Waals surface area (Å²) in [6.07, 6.45) is -8.12. The van der Waals surface area contributed by atoms with Crippen molar-refractivity contribution in [3.8, 4) is 5.75 Å². The fraction of sp³-hybridized carbons (Fsp3) is 0.455. The first kappa shape index (κ1) is 17.1. The minimum Gasteiger partial charge on any atom is -0.461 e. The average molecular weight is 314 g/mol. The molecule has 21 heavy (non-hydrogen) atoms. The van der Waals surface area contributed by atoms with Crippen molar-refractivity contribution in [3.05, 3.63) is 23.0 Å². The van der Waals surface area contributed by atoms with Crippen LogP contribution in [0.5, 0.6) is 5.75 Å². The number of hydrogen-bond acceptors (Lipinski definition) is 5. The number of alkyl halides is 5. The molecule has 1 aromatic rings. The molecule has 0 unspecified atom stereocenters. The molecule has 0 amide bonds. The van der Waals surface area contributed by atoms with Crippen molar-refractivity contribution in [1.29, 1.82) is 0 Å². The van der Waals surface area contributed by atoms with Crippen molar-refractivity contribution in [2.75, 3.05) is 6.61 Å². The van der Waals surface area contributed by atoms with Gasteiger partial charge in [0.05, 0.1) is 18.4 Å². The molecule has 0 saturated heterocycles. The van der Waals surface area contributed by atoms with Gasteiger partial charge in [-0.1, -0.05) is 0 Å². The maximum atomic E-state index is 13.0. The molecule has 0 aliphatic heterocycles. The number of hydrogen-bond donors (Lipinski definition) is 1. The molecule has 1 rings (SSSR count). The number of aromatic nitrogens is 1. The third-order valence-electron chi connectivity index (χ3n) is 2.30. The Kier molecular flexibility index (Phi) is 5.41. The number of rotatable bonds is 5. The van der Waals surface area contributed by atoms with Gasteiger partial charge in [0.15, 0.2) is 11.4 Å². The monoisotopic (exact) mass is 314 g/mol. The van der Waals surface area contributed by atoms with Gasteiger partial charge in [-0.05, 0) is 6.92 Å². The van der Waals surface area contributed by atoms with Crippen LogP contribution in [-0.2, 0) is 11.3 Å². The topological polar surface area (TPSA) is 74.4 Å². The molecule has 0 radical (unpaired) electrons. The van der Waals surface area contributed by atoms with Crippen LogP contribution in [0.3, 0.4) is 0 Å². The van der Waals surface area contributed by atoms with Crippen molar-refractivity contribution in [3.63, 3.8) is 0 Å². The van der Waals surface area contributed by atoms with Gasteiger partial charge in [0.25, 0.3) is 6.43 Å². The van der Waals surface area contributed by atoms with Gasteiger partial charge in [-0.25, -0.2) is 18.6 Å². The predicted octanol–water partition coefficient (Wildman–Crippen LogP) is 2.55. The molecule has 1 aromatic heterocycles. The van der Waals surface area contributed by atoms with E-state index in [9.17, 15) is 26.7 Å². The van der Waals surface area contributed by atoms with Crippen molar-refractivity contribution in [1.82, 2.24) is 4.98 Å². The fourth-order valence-corrected chi connectivity index (χ4v) is 1.57. The van der Waals surface area contributed by atoms with E-state index < -0.39 is 47.9 Å². The second kappa shape index (κ2) is 6.66. The predicted molar refractivity (Wildman–Crippen MR) is 59.7 cm³/mol. The minimum absolute atomic E-state index is 0.0602. The zero-order valence-corrected chi connectivity index (χ0v) is 10.7. The summed E-state index contributed by atoms with van der Waals surface area (Å²) in [5.74, 6) is -2.26. The van der Waals surface area contributed by atoms with E-state index in [4.69, 9.17) is 5.73 Å². The highest BCUT2D eigenvalue weighted by atomic mass is 19.4. The summed E-state index contributed by atoms with van der Waals surface area (Å²) in [4.78, 5) is 14.9. The first-order chi connectivity index (χ1) is 9.71. The lowest BCUT2D eigenvalue weighted by Gasteiger charge is -2.17. The molecule has 5 nitrogen and oxygen atoms in total. The summed E-state index contributed by atoms with van der Waals surface area (Å²) in [7, 11) is 0. The van der Waals surface area contributed by atoms with Crippen LogP contribution in [0.15, 0.2) is 6.20 Å². The average Bonchev–Trinajstić information content (AvgIpc) is 2.35. The van der Waals surface area contributed by atoms with E-state index in [2.05, 4.69) is 14.5 Å². The van der Waals surface area contributed by atoms with Crippen molar-refractivity contribution in [2.45, 2.75) is 26.3 Å². The van der Waals surface area contributed by atoms with Crippen molar-refractivity contribution in [2.24, 2.45) is 5.73 Å². The van der Waals surface area contributed by atoms with E-state index >= 15 is 0 Å². The Hall–Kier alpha value is -1.97. The lowest BCUT2D eigenvalue weighted by molar-refractivity contribution is -0.275. The van der Waals surface area contributed by atoms with Crippen LogP contribution in [-0.4, -0.2) is 23.9 Å². The highest BCUT2D eigenvalue weighted by Crippen LogP contribution is 2.36. The van der Waals surface area contributed by atoms with E-state index in [0.29, 0.717) is 6.20 Å². The molecule has 0 atom stereocenters. The van der Waals surface area contributed by atoms with E-state index in [1.807, 2.05) is 0 Å². The summed E-state index contributed by atoms with van der Waals surface area (Å²) in [6, 6.07) is 0. The molecular formula is C11H11F5N2O3. The maximum absolute atomic E-state index is 13.0. The quantitative estimate of drug-likeness (QED) is 0.668. The van der Waals surface area contributed by atoms with Crippen LogP contribution in [0.25, 0.3) is 0 Å². The van der Waals surface area contributed by atoms with Crippen LogP contribution in [0.1, 0.15) is 35.0 Å². The number of carbonyl (C=O) groups is 1. The summed E-state index contributed by atoms with van der Waals surface area (Å²) in [5, 5.41) is 0. The molecule has 1 heterocycles. The highest BCUT2D eigenvalue weighted by molar-refractivity contribution is 5.89. The number of halogens is 5. The zero-order chi connectivity index (χ0) is 16.2. The molecule has 0 spiro atoms. The van der Waals surface area contributed by atoms with Gasteiger partial charge >= 0.3 is 12.3 Å². The lowest BCUT2D eigenvalue weighted by Crippen LogP contribution is -2.21. The fourth-order valence-electron chi connectivity index (χ4n) is 1.57. The number of nitrogens with two attached hydrogens (primary N) is 1. The molecular weight excluding hydrogens is 303 g/mol. The van der Waals surface area contributed by atoms with Gasteiger partial charge in [-0.3, -0.25) is 0 Å². The standard InChI is InChI=1S/C11H11F5N2O3/c1-2-20-10(19)8-5(3-17)7(9(12)13)6(4-18-8)21-11(14,15)16/h4,9H,2-3,17H2,1H3. The lowest BCUT2D eigenvalue weighted by atomic mass is 10.1. The van der Waals surface area contributed by atoms with Crippen molar-refractivity contribution < 1.29 is 36.2 Å². The van der Waals surface area contributed by atoms with E-state index in [1.54, 1.807) is 0 Å². The Morgan fingerprint density at radius 1 is 1.43 bits per heavy atom. The van der Waals surface area contributed by atoms with Crippen LogP contribution >= 0.6 is 0 Å². The number of pyridine rings is 1. The van der Waals surface area contributed by atoms with E-state index in [0.717, 1.165) is 0 Å². The van der Waals surface area contributed by atoms with E-state index in [1.165, 1.54) is 6.92 Å². The number of carbonyl (C=O) groups excluding carboxylic acids is 1. The smallest absolute Gasteiger partial charge is 0.461 e. The Balaban J connectivity index is 3.41. The third-order valence-corrected chi connectivity index (χ3v) is 2.30. The third kappa shape index (κ3) is 4.25. The van der Waals surface area contributed by atoms with Crippen LogP contribution in [0.2, 0.25) is 0 Å². The normalized spacial score (nSPS) is 11.6. The van der Waals surface area contributed by atoms with Crippen LogP contribution in [0, 0.1) is 0 Å². The molecule has 0 aliphatic carbocycles. The largest absolute Gasteiger partial charge is 0.573 e. The number of esters is 1. The molecule has 0 aliphatic rings. The van der Waals surface area contributed by atoms with Gasteiger partial charge in [-0.15, -0.1) is 13.2 Å². The maximum Gasteiger partial charge on any atom is 0.573 e. The molecule has 0 fully saturated rings. The van der Waals surface area contributed by atoms with Crippen molar-refractivity contribution >= 4 is 5.97 Å². The summed E-state index contributed by atoms with van der Waals surface area (Å²) in [5.41, 5.74) is 2.99. The van der Waals surface area contributed by atoms with Gasteiger partial charge in [0, 0.05) is 12.1 Å². The number of nitrogens with zero attached hydrogens (tertiary/aromatic N) is 1. The molecule has 10 heteroatoms. The van der Waals surface area contributed by atoms with Gasteiger partial charge in [0.1, 0.15) is 0 Å². The Morgan fingerprint density at radius 2 is 2.05 bits per heavy atom. The summed E-state index contributed by atoms with van der Waals surface area (Å²) < 4.78 is 70.6. The molecule has 118 valence electrons. The van der Waals surface area contributed by atoms with Crippen LogP contribution in [0.4, 0.5) is 22.0 Å². The first-order valence-corrected chi connectivity index (χ1v) is 5.64. The summed E-state index contributed by atoms with van der Waals surface area (Å²) >= 11 is 0. The summed E-state index contributed by atoms with van der Waals surface area (Å²) in [6.45, 7) is 0.778. The molecule has 0 saturated carbocycles. The molecule has 0 bridgehead atoms. The molecule has 2 N–H and O–H groups in total. The Bertz CT molecular complexity index is 519. The molecule has 0 aromatic carbocycles. The first-order valence-electron chi connectivity index (χ1n) is 5.64. The highest BCUT2D eigenvalue weighted by Gasteiger charge is 2.35.